The molecule has 4 rings (SSSR count). The molecule has 30 heavy (non-hydrogen) atoms. The lowest BCUT2D eigenvalue weighted by atomic mass is 10.1. The molecule has 2 heterocycles. The molecule has 0 aliphatic carbocycles. The first kappa shape index (κ1) is 20.8. The quantitative estimate of drug-likeness (QED) is 0.507. The lowest BCUT2D eigenvalue weighted by Gasteiger charge is -2.37. The molecule has 2 aromatic rings. The number of ether oxygens (including phenoxy) is 2. The summed E-state index contributed by atoms with van der Waals surface area (Å²) in [5.74, 6) is 0. The van der Waals surface area contributed by atoms with E-state index >= 15 is 0 Å². The van der Waals surface area contributed by atoms with Crippen LogP contribution in [0, 0.1) is 10.1 Å². The van der Waals surface area contributed by atoms with Crippen molar-refractivity contribution >= 4 is 11.4 Å². The minimum Gasteiger partial charge on any atom is -0.369 e. The molecule has 0 bridgehead atoms. The fourth-order valence-electron chi connectivity index (χ4n) is 4.12. The number of nitro groups is 1. The van der Waals surface area contributed by atoms with Crippen LogP contribution < -0.4 is 4.90 Å². The summed E-state index contributed by atoms with van der Waals surface area (Å²) in [6.45, 7) is 5.68. The van der Waals surface area contributed by atoms with Gasteiger partial charge in [0.25, 0.3) is 5.69 Å². The molecule has 2 fully saturated rings. The van der Waals surface area contributed by atoms with Crippen molar-refractivity contribution < 1.29 is 14.4 Å². The summed E-state index contributed by atoms with van der Waals surface area (Å²) in [4.78, 5) is 15.7. The normalized spacial score (nSPS) is 20.3. The van der Waals surface area contributed by atoms with Gasteiger partial charge in [-0.25, -0.2) is 0 Å². The van der Waals surface area contributed by atoms with Gasteiger partial charge in [-0.05, 0) is 30.9 Å². The van der Waals surface area contributed by atoms with E-state index in [-0.39, 0.29) is 16.9 Å². The number of hydrogen-bond acceptors (Lipinski definition) is 6. The summed E-state index contributed by atoms with van der Waals surface area (Å²) >= 11 is 0. The lowest BCUT2D eigenvalue weighted by Crippen LogP contribution is -2.46. The van der Waals surface area contributed by atoms with Crippen LogP contribution in [0.25, 0.3) is 0 Å². The fraction of sp³-hybridized carbons (Fsp3) is 0.478. The Hall–Kier alpha value is -2.48. The Kier molecular flexibility index (Phi) is 6.94. The minimum absolute atomic E-state index is 0.102. The van der Waals surface area contributed by atoms with Gasteiger partial charge in [0.2, 0.25) is 0 Å². The van der Waals surface area contributed by atoms with Crippen molar-refractivity contribution in [2.45, 2.75) is 38.7 Å². The van der Waals surface area contributed by atoms with Crippen molar-refractivity contribution in [3.05, 3.63) is 69.8 Å². The number of non-ortho nitro benzene ring substituents is 1. The average molecular weight is 412 g/mol. The van der Waals surface area contributed by atoms with Crippen molar-refractivity contribution in [1.82, 2.24) is 4.90 Å². The molecular formula is C23H29N3O4. The number of hydrogen-bond donors (Lipinski definition) is 0. The molecule has 0 spiro atoms. The molecule has 0 saturated carbocycles. The molecule has 7 heteroatoms. The molecule has 1 unspecified atom stereocenters. The number of nitrogens with zero attached hydrogens (tertiary/aromatic N) is 3. The standard InChI is InChI=1S/C23H29N3O4/c27-26(28)21-9-10-22(20(16-21)18-30-23-8-4-5-15-29-23)25-13-11-24(12-14-25)17-19-6-2-1-3-7-19/h1-3,6-7,9-10,16,23H,4-5,8,11-15,17-18H2. The van der Waals surface area contributed by atoms with Crippen LogP contribution in [0.4, 0.5) is 11.4 Å². The summed E-state index contributed by atoms with van der Waals surface area (Å²) in [6, 6.07) is 15.6. The van der Waals surface area contributed by atoms with Gasteiger partial charge >= 0.3 is 0 Å². The molecule has 160 valence electrons. The molecule has 0 N–H and O–H groups in total. The van der Waals surface area contributed by atoms with E-state index in [9.17, 15) is 10.1 Å². The molecule has 2 aromatic carbocycles. The maximum Gasteiger partial charge on any atom is 0.269 e. The van der Waals surface area contributed by atoms with Gasteiger partial charge in [-0.1, -0.05) is 30.3 Å². The zero-order valence-corrected chi connectivity index (χ0v) is 17.2. The third kappa shape index (κ3) is 5.36. The van der Waals surface area contributed by atoms with E-state index < -0.39 is 0 Å². The van der Waals surface area contributed by atoms with E-state index in [0.29, 0.717) is 6.61 Å². The van der Waals surface area contributed by atoms with Crippen LogP contribution in [-0.2, 0) is 22.6 Å². The van der Waals surface area contributed by atoms with Gasteiger partial charge in [0.1, 0.15) is 0 Å². The van der Waals surface area contributed by atoms with Crippen LogP contribution in [0.1, 0.15) is 30.4 Å². The molecule has 1 atom stereocenters. The Balaban J connectivity index is 1.41. The van der Waals surface area contributed by atoms with Crippen LogP contribution in [0.2, 0.25) is 0 Å². The van der Waals surface area contributed by atoms with E-state index in [1.807, 2.05) is 12.1 Å². The largest absolute Gasteiger partial charge is 0.369 e. The zero-order chi connectivity index (χ0) is 20.8. The smallest absolute Gasteiger partial charge is 0.269 e. The number of rotatable bonds is 7. The van der Waals surface area contributed by atoms with Crippen molar-refractivity contribution in [1.29, 1.82) is 0 Å². The first-order valence-electron chi connectivity index (χ1n) is 10.7. The summed E-state index contributed by atoms with van der Waals surface area (Å²) in [7, 11) is 0. The first-order chi connectivity index (χ1) is 14.7. The highest BCUT2D eigenvalue weighted by Gasteiger charge is 2.22. The third-order valence-corrected chi connectivity index (χ3v) is 5.80. The second kappa shape index (κ2) is 10.0. The number of nitro benzene ring substituents is 1. The van der Waals surface area contributed by atoms with Crippen molar-refractivity contribution in [2.24, 2.45) is 0 Å². The predicted octanol–water partition coefficient (Wildman–Crippen LogP) is 3.96. The summed E-state index contributed by atoms with van der Waals surface area (Å²) < 4.78 is 11.6. The van der Waals surface area contributed by atoms with E-state index in [1.54, 1.807) is 12.1 Å². The number of benzene rings is 2. The van der Waals surface area contributed by atoms with Gasteiger partial charge in [-0.15, -0.1) is 0 Å². The highest BCUT2D eigenvalue weighted by molar-refractivity contribution is 5.58. The third-order valence-electron chi connectivity index (χ3n) is 5.80. The number of anilines is 1. The second-order valence-electron chi connectivity index (χ2n) is 7.93. The maximum atomic E-state index is 11.3. The van der Waals surface area contributed by atoms with Crippen molar-refractivity contribution in [3.8, 4) is 0 Å². The van der Waals surface area contributed by atoms with Crippen LogP contribution in [0.15, 0.2) is 48.5 Å². The van der Waals surface area contributed by atoms with E-state index in [4.69, 9.17) is 9.47 Å². The minimum atomic E-state index is -0.345. The summed E-state index contributed by atoms with van der Waals surface area (Å²) in [5, 5.41) is 11.3. The zero-order valence-electron chi connectivity index (χ0n) is 17.2. The SMILES string of the molecule is O=[N+]([O-])c1ccc(N2CCN(Cc3ccccc3)CC2)c(COC2CCCCO2)c1. The van der Waals surface area contributed by atoms with Crippen molar-refractivity contribution in [3.63, 3.8) is 0 Å². The Morgan fingerprint density at radius 3 is 2.57 bits per heavy atom. The molecular weight excluding hydrogens is 382 g/mol. The van der Waals surface area contributed by atoms with Crippen LogP contribution in [0.3, 0.4) is 0 Å². The lowest BCUT2D eigenvalue weighted by molar-refractivity contribution is -0.385. The Morgan fingerprint density at radius 1 is 1.07 bits per heavy atom. The molecule has 2 aliphatic heterocycles. The van der Waals surface area contributed by atoms with Crippen molar-refractivity contribution in [2.75, 3.05) is 37.7 Å². The highest BCUT2D eigenvalue weighted by Crippen LogP contribution is 2.28. The topological polar surface area (TPSA) is 68.1 Å². The number of piperazine rings is 1. The summed E-state index contributed by atoms with van der Waals surface area (Å²) in [5.41, 5.74) is 3.30. The molecule has 0 radical (unpaired) electrons. The van der Waals surface area contributed by atoms with Crippen LogP contribution in [-0.4, -0.2) is 48.9 Å². The molecule has 0 aromatic heterocycles. The Bertz CT molecular complexity index is 832. The molecule has 2 aliphatic rings. The van der Waals surface area contributed by atoms with Gasteiger partial charge in [0, 0.05) is 62.7 Å². The highest BCUT2D eigenvalue weighted by atomic mass is 16.7. The fourth-order valence-corrected chi connectivity index (χ4v) is 4.12. The molecule has 7 nitrogen and oxygen atoms in total. The monoisotopic (exact) mass is 411 g/mol. The predicted molar refractivity (Wildman–Crippen MR) is 115 cm³/mol. The molecule has 0 amide bonds. The van der Waals surface area contributed by atoms with Gasteiger partial charge in [0.15, 0.2) is 6.29 Å². The molecule has 2 saturated heterocycles. The Labute approximate surface area is 177 Å². The first-order valence-corrected chi connectivity index (χ1v) is 10.7. The second-order valence-corrected chi connectivity index (χ2v) is 7.93. The average Bonchev–Trinajstić information content (AvgIpc) is 2.79. The van der Waals surface area contributed by atoms with Crippen LogP contribution >= 0.6 is 0 Å². The van der Waals surface area contributed by atoms with E-state index in [1.165, 1.54) is 5.56 Å². The van der Waals surface area contributed by atoms with E-state index in [2.05, 4.69) is 34.1 Å². The van der Waals surface area contributed by atoms with Gasteiger partial charge < -0.3 is 14.4 Å². The van der Waals surface area contributed by atoms with Gasteiger partial charge in [-0.2, -0.15) is 0 Å². The van der Waals surface area contributed by atoms with Gasteiger partial charge in [0.05, 0.1) is 11.5 Å². The van der Waals surface area contributed by atoms with Crippen LogP contribution in [0.5, 0.6) is 0 Å². The maximum absolute atomic E-state index is 11.3. The van der Waals surface area contributed by atoms with Gasteiger partial charge in [-0.3, -0.25) is 15.0 Å². The summed E-state index contributed by atoms with van der Waals surface area (Å²) in [6.07, 6.45) is 2.82. The van der Waals surface area contributed by atoms with E-state index in [0.717, 1.165) is 69.8 Å². The Morgan fingerprint density at radius 2 is 1.87 bits per heavy atom.